The molecule has 0 saturated carbocycles. The number of nitro groups is 1. The van der Waals surface area contributed by atoms with E-state index in [1.807, 2.05) is 6.92 Å². The molecule has 0 aliphatic carbocycles. The van der Waals surface area contributed by atoms with Crippen molar-refractivity contribution in [3.8, 4) is 0 Å². The van der Waals surface area contributed by atoms with Crippen molar-refractivity contribution in [3.05, 3.63) is 28.3 Å². The van der Waals surface area contributed by atoms with Gasteiger partial charge in [-0.25, -0.2) is 0 Å². The number of hydrogen-bond acceptors (Lipinski definition) is 6. The largest absolute Gasteiger partial charge is 0.465 e. The molecule has 0 atom stereocenters. The quantitative estimate of drug-likeness (QED) is 0.431. The summed E-state index contributed by atoms with van der Waals surface area (Å²) in [6.45, 7) is 4.49. The average molecular weight is 281 g/mol. The fourth-order valence-corrected chi connectivity index (χ4v) is 1.66. The molecule has 1 aromatic rings. The van der Waals surface area contributed by atoms with Crippen molar-refractivity contribution in [2.75, 3.05) is 30.3 Å². The summed E-state index contributed by atoms with van der Waals surface area (Å²) in [5.41, 5.74) is 0.667. The zero-order chi connectivity index (χ0) is 15.0. The minimum atomic E-state index is -0.467. The third-order valence-corrected chi connectivity index (χ3v) is 2.51. The van der Waals surface area contributed by atoms with E-state index in [9.17, 15) is 14.9 Å². The smallest absolute Gasteiger partial charge is 0.325 e. The van der Waals surface area contributed by atoms with Gasteiger partial charge >= 0.3 is 11.7 Å². The SMILES string of the molecule is CCCNc1cccc(NCC(=O)OCC)c1[N+](=O)[O-]. The average Bonchev–Trinajstić information content (AvgIpc) is 2.42. The number of ether oxygens (including phenoxy) is 1. The van der Waals surface area contributed by atoms with E-state index in [-0.39, 0.29) is 18.8 Å². The second-order valence-corrected chi connectivity index (χ2v) is 4.04. The Morgan fingerprint density at radius 1 is 1.30 bits per heavy atom. The molecule has 7 heteroatoms. The van der Waals surface area contributed by atoms with Crippen molar-refractivity contribution in [2.24, 2.45) is 0 Å². The highest BCUT2D eigenvalue weighted by molar-refractivity contribution is 5.80. The molecule has 0 heterocycles. The molecule has 0 amide bonds. The molecule has 0 unspecified atom stereocenters. The zero-order valence-corrected chi connectivity index (χ0v) is 11.6. The first-order valence-electron chi connectivity index (χ1n) is 6.50. The van der Waals surface area contributed by atoms with Crippen LogP contribution >= 0.6 is 0 Å². The lowest BCUT2D eigenvalue weighted by Crippen LogP contribution is -2.17. The van der Waals surface area contributed by atoms with Gasteiger partial charge in [-0.05, 0) is 25.5 Å². The molecule has 0 saturated heterocycles. The third kappa shape index (κ3) is 4.42. The van der Waals surface area contributed by atoms with Crippen molar-refractivity contribution in [1.82, 2.24) is 0 Å². The lowest BCUT2D eigenvalue weighted by molar-refractivity contribution is -0.383. The summed E-state index contributed by atoms with van der Waals surface area (Å²) in [5.74, 6) is -0.450. The summed E-state index contributed by atoms with van der Waals surface area (Å²) in [4.78, 5) is 22.0. The Labute approximate surface area is 117 Å². The van der Waals surface area contributed by atoms with E-state index in [0.29, 0.717) is 17.9 Å². The summed E-state index contributed by atoms with van der Waals surface area (Å²) in [5, 5.41) is 16.9. The second-order valence-electron chi connectivity index (χ2n) is 4.04. The number of anilines is 2. The molecule has 0 aliphatic heterocycles. The minimum Gasteiger partial charge on any atom is -0.465 e. The molecule has 1 rings (SSSR count). The Hall–Kier alpha value is -2.31. The highest BCUT2D eigenvalue weighted by Crippen LogP contribution is 2.32. The van der Waals surface area contributed by atoms with Crippen LogP contribution in [0.3, 0.4) is 0 Å². The molecule has 2 N–H and O–H groups in total. The number of nitrogens with zero attached hydrogens (tertiary/aromatic N) is 1. The Kier molecular flexibility index (Phi) is 6.28. The van der Waals surface area contributed by atoms with Gasteiger partial charge in [-0.15, -0.1) is 0 Å². The predicted octanol–water partition coefficient (Wildman–Crippen LogP) is 2.39. The van der Waals surface area contributed by atoms with E-state index in [0.717, 1.165) is 6.42 Å². The van der Waals surface area contributed by atoms with Gasteiger partial charge in [-0.1, -0.05) is 13.0 Å². The van der Waals surface area contributed by atoms with E-state index in [2.05, 4.69) is 10.6 Å². The van der Waals surface area contributed by atoms with Gasteiger partial charge in [0.05, 0.1) is 11.5 Å². The molecular formula is C13H19N3O4. The number of carbonyl (C=O) groups is 1. The number of para-hydroxylation sites is 1. The maximum absolute atomic E-state index is 11.3. The third-order valence-electron chi connectivity index (χ3n) is 2.51. The monoisotopic (exact) mass is 281 g/mol. The Bertz CT molecular complexity index is 477. The van der Waals surface area contributed by atoms with Crippen LogP contribution in [0.15, 0.2) is 18.2 Å². The van der Waals surface area contributed by atoms with Crippen molar-refractivity contribution in [1.29, 1.82) is 0 Å². The second kappa shape index (κ2) is 7.98. The first-order chi connectivity index (χ1) is 9.60. The van der Waals surface area contributed by atoms with Gasteiger partial charge in [0.25, 0.3) is 0 Å². The van der Waals surface area contributed by atoms with Crippen LogP contribution in [-0.2, 0) is 9.53 Å². The number of hydrogen-bond donors (Lipinski definition) is 2. The van der Waals surface area contributed by atoms with Gasteiger partial charge in [0.2, 0.25) is 0 Å². The minimum absolute atomic E-state index is 0.0646. The Morgan fingerprint density at radius 2 is 1.95 bits per heavy atom. The number of nitrogens with one attached hydrogen (secondary N) is 2. The first-order valence-corrected chi connectivity index (χ1v) is 6.50. The lowest BCUT2D eigenvalue weighted by Gasteiger charge is -2.11. The first kappa shape index (κ1) is 15.7. The molecule has 110 valence electrons. The van der Waals surface area contributed by atoms with E-state index >= 15 is 0 Å². The maximum Gasteiger partial charge on any atom is 0.325 e. The van der Waals surface area contributed by atoms with Crippen molar-refractivity contribution >= 4 is 23.0 Å². The van der Waals surface area contributed by atoms with Crippen LogP contribution in [0.25, 0.3) is 0 Å². The van der Waals surface area contributed by atoms with Crippen LogP contribution in [0.4, 0.5) is 17.1 Å². The van der Waals surface area contributed by atoms with Crippen LogP contribution < -0.4 is 10.6 Å². The summed E-state index contributed by atoms with van der Waals surface area (Å²) in [7, 11) is 0. The molecule has 0 fully saturated rings. The highest BCUT2D eigenvalue weighted by atomic mass is 16.6. The van der Waals surface area contributed by atoms with E-state index in [1.54, 1.807) is 25.1 Å². The molecule has 0 aliphatic rings. The van der Waals surface area contributed by atoms with Gasteiger partial charge < -0.3 is 15.4 Å². The molecule has 1 aromatic carbocycles. The number of carbonyl (C=O) groups excluding carboxylic acids is 1. The number of esters is 1. The van der Waals surface area contributed by atoms with E-state index in [1.165, 1.54) is 0 Å². The van der Waals surface area contributed by atoms with Crippen molar-refractivity contribution in [3.63, 3.8) is 0 Å². The number of rotatable bonds is 8. The van der Waals surface area contributed by atoms with Gasteiger partial charge in [-0.2, -0.15) is 0 Å². The standard InChI is InChI=1S/C13H19N3O4/c1-3-8-14-10-6-5-7-11(13(10)16(18)19)15-9-12(17)20-4-2/h5-7,14-15H,3-4,8-9H2,1-2H3. The Balaban J connectivity index is 2.88. The molecule has 7 nitrogen and oxygen atoms in total. The predicted molar refractivity (Wildman–Crippen MR) is 77.0 cm³/mol. The summed E-state index contributed by atoms with van der Waals surface area (Å²) >= 11 is 0. The summed E-state index contributed by atoms with van der Waals surface area (Å²) < 4.78 is 4.77. The fraction of sp³-hybridized carbons (Fsp3) is 0.462. The van der Waals surface area contributed by atoms with Gasteiger partial charge in [-0.3, -0.25) is 14.9 Å². The molecule has 0 radical (unpaired) electrons. The van der Waals surface area contributed by atoms with Crippen molar-refractivity contribution < 1.29 is 14.5 Å². The number of benzene rings is 1. The normalized spacial score (nSPS) is 9.90. The van der Waals surface area contributed by atoms with E-state index in [4.69, 9.17) is 4.74 Å². The van der Waals surface area contributed by atoms with Crippen LogP contribution in [0.1, 0.15) is 20.3 Å². The van der Waals surface area contributed by atoms with Gasteiger partial charge in [0.1, 0.15) is 17.9 Å². The molecule has 20 heavy (non-hydrogen) atoms. The van der Waals surface area contributed by atoms with Crippen LogP contribution in [0, 0.1) is 10.1 Å². The summed E-state index contributed by atoms with van der Waals surface area (Å²) in [6, 6.07) is 4.90. The van der Waals surface area contributed by atoms with Crippen LogP contribution in [0.5, 0.6) is 0 Å². The van der Waals surface area contributed by atoms with Crippen LogP contribution in [0.2, 0.25) is 0 Å². The Morgan fingerprint density at radius 3 is 2.50 bits per heavy atom. The zero-order valence-electron chi connectivity index (χ0n) is 11.6. The topological polar surface area (TPSA) is 93.5 Å². The fourth-order valence-electron chi connectivity index (χ4n) is 1.66. The van der Waals surface area contributed by atoms with Gasteiger partial charge in [0, 0.05) is 6.54 Å². The maximum atomic E-state index is 11.3. The van der Waals surface area contributed by atoms with Gasteiger partial charge in [0.15, 0.2) is 0 Å². The molecule has 0 aromatic heterocycles. The van der Waals surface area contributed by atoms with Crippen LogP contribution in [-0.4, -0.2) is 30.6 Å². The highest BCUT2D eigenvalue weighted by Gasteiger charge is 2.19. The van der Waals surface area contributed by atoms with E-state index < -0.39 is 10.9 Å². The summed E-state index contributed by atoms with van der Waals surface area (Å²) in [6.07, 6.45) is 0.859. The molecule has 0 bridgehead atoms. The molecule has 0 spiro atoms. The molecular weight excluding hydrogens is 262 g/mol. The lowest BCUT2D eigenvalue weighted by atomic mass is 10.2. The number of nitro benzene ring substituents is 1. The van der Waals surface area contributed by atoms with Crippen molar-refractivity contribution in [2.45, 2.75) is 20.3 Å².